The number of imidazole rings is 1. The molecule has 2 amide bonds. The molecule has 0 aliphatic carbocycles. The van der Waals surface area contributed by atoms with Crippen LogP contribution in [-0.2, 0) is 50.7 Å². The Labute approximate surface area is 367 Å². The average molecular weight is 972 g/mol. The summed E-state index contributed by atoms with van der Waals surface area (Å²) in [4.78, 5) is 88.1. The molecule has 7 atom stereocenters. The molecule has 0 radical (unpaired) electrons. The molecule has 2 aromatic heterocycles. The highest BCUT2D eigenvalue weighted by atomic mass is 32.2. The van der Waals surface area contributed by atoms with Gasteiger partial charge in [0.05, 0.1) is 19.5 Å². The number of aliphatic hydroxyl groups excluding tert-OH is 2. The van der Waals surface area contributed by atoms with E-state index in [4.69, 9.17) is 19.5 Å². The number of carbonyl (C=O) groups is 3. The smallest absolute Gasteiger partial charge is 0.386 e. The van der Waals surface area contributed by atoms with Gasteiger partial charge in [-0.05, 0) is 39.0 Å². The molecule has 354 valence electrons. The minimum absolute atomic E-state index is 0.0000494. The van der Waals surface area contributed by atoms with Crippen molar-refractivity contribution in [2.24, 2.45) is 5.41 Å². The second kappa shape index (κ2) is 25.5. The molecular weight excluding hydrogens is 915 g/mol. The van der Waals surface area contributed by atoms with Gasteiger partial charge in [-0.2, -0.15) is 4.31 Å². The maximum atomic E-state index is 12.7. The molecule has 24 nitrogen and oxygen atoms in total. The van der Waals surface area contributed by atoms with Crippen molar-refractivity contribution in [1.82, 2.24) is 30.2 Å². The number of ether oxygens (including phenoxy) is 1. The Bertz CT molecular complexity index is 2070. The number of hydrogen-bond donors (Lipinski definition) is 9. The van der Waals surface area contributed by atoms with Crippen LogP contribution in [0, 0.1) is 5.41 Å². The predicted octanol–water partition coefficient (Wildman–Crippen LogP) is 2.69. The number of phosphoric ester groups is 3. The quantitative estimate of drug-likeness (QED) is 0.0256. The number of fused-ring (bicyclic) bond motifs is 1. The van der Waals surface area contributed by atoms with Gasteiger partial charge in [0.2, 0.25) is 11.8 Å². The van der Waals surface area contributed by atoms with Crippen LogP contribution in [0.3, 0.4) is 0 Å². The van der Waals surface area contributed by atoms with Crippen LogP contribution in [0.4, 0.5) is 5.82 Å². The monoisotopic (exact) mass is 971 g/mol. The topological polar surface area (TPSA) is 364 Å². The summed E-state index contributed by atoms with van der Waals surface area (Å²) in [7, 11) is -16.4. The molecule has 3 rings (SSSR count). The van der Waals surface area contributed by atoms with E-state index >= 15 is 0 Å². The maximum absolute atomic E-state index is 12.7. The third-order valence-corrected chi connectivity index (χ3v) is 12.9. The van der Waals surface area contributed by atoms with Gasteiger partial charge in [-0.25, -0.2) is 28.6 Å². The molecule has 0 spiro atoms. The van der Waals surface area contributed by atoms with Gasteiger partial charge in [0.1, 0.15) is 36.3 Å². The lowest BCUT2D eigenvalue weighted by Gasteiger charge is -2.30. The van der Waals surface area contributed by atoms with Crippen LogP contribution >= 0.6 is 35.2 Å². The van der Waals surface area contributed by atoms with Gasteiger partial charge in [0, 0.05) is 37.1 Å². The summed E-state index contributed by atoms with van der Waals surface area (Å²) in [5, 5.41) is 26.5. The number of hydrogen-bond acceptors (Lipinski definition) is 18. The van der Waals surface area contributed by atoms with E-state index in [1.807, 2.05) is 31.2 Å². The van der Waals surface area contributed by atoms with E-state index in [1.54, 1.807) is 0 Å². The average Bonchev–Trinajstić information content (AvgIpc) is 3.76. The number of rotatable bonds is 28. The number of anilines is 1. The molecule has 1 aliphatic heterocycles. The minimum atomic E-state index is -5.58. The predicted molar refractivity (Wildman–Crippen MR) is 228 cm³/mol. The lowest BCUT2D eigenvalue weighted by molar-refractivity contribution is -0.137. The lowest BCUT2D eigenvalue weighted by Crippen LogP contribution is -2.46. The Morgan fingerprint density at radius 1 is 0.968 bits per heavy atom. The molecule has 0 bridgehead atoms. The second-order valence-corrected chi connectivity index (χ2v) is 19.9. The SMILES string of the molecule is C/C=C/C=C/CCCC/C=C/CCC(=O)SCCNC(=O)CCNC(=O)C(O)C(C)(C)COP(=O)(O)OP(=O)(O)OCC1OC(n2cnc3c(N)ncnc32)C(O)C1OP(=O)(O)O. The van der Waals surface area contributed by atoms with Crippen LogP contribution in [0.25, 0.3) is 11.2 Å². The molecule has 7 unspecified atom stereocenters. The van der Waals surface area contributed by atoms with E-state index in [0.29, 0.717) is 18.6 Å². The molecule has 3 heterocycles. The number of aliphatic hydroxyl groups is 2. The van der Waals surface area contributed by atoms with Gasteiger partial charge in [-0.1, -0.05) is 62.1 Å². The van der Waals surface area contributed by atoms with E-state index in [0.717, 1.165) is 54.7 Å². The van der Waals surface area contributed by atoms with Gasteiger partial charge in [-0.15, -0.1) is 0 Å². The first kappa shape index (κ1) is 54.1. The molecule has 2 aromatic rings. The summed E-state index contributed by atoms with van der Waals surface area (Å²) >= 11 is 1.10. The summed E-state index contributed by atoms with van der Waals surface area (Å²) in [6, 6.07) is 0. The van der Waals surface area contributed by atoms with Gasteiger partial charge >= 0.3 is 23.5 Å². The zero-order valence-electron chi connectivity index (χ0n) is 34.8. The first-order chi connectivity index (χ1) is 29.6. The van der Waals surface area contributed by atoms with Crippen LogP contribution in [0.1, 0.15) is 71.9 Å². The molecule has 63 heavy (non-hydrogen) atoms. The summed E-state index contributed by atoms with van der Waals surface area (Å²) in [6.45, 7) is 2.48. The molecular formula is C35H56N7O17P3S. The fraction of sp³-hybridized carbons (Fsp3) is 0.600. The number of amides is 2. The largest absolute Gasteiger partial charge is 0.481 e. The fourth-order valence-corrected chi connectivity index (χ4v) is 9.14. The lowest BCUT2D eigenvalue weighted by atomic mass is 9.87. The number of nitrogens with two attached hydrogens (primary N) is 1. The van der Waals surface area contributed by atoms with Gasteiger partial charge in [-0.3, -0.25) is 32.5 Å². The molecule has 1 aliphatic rings. The van der Waals surface area contributed by atoms with Crippen molar-refractivity contribution < 1.29 is 80.5 Å². The number of carbonyl (C=O) groups excluding carboxylic acids is 3. The minimum Gasteiger partial charge on any atom is -0.386 e. The van der Waals surface area contributed by atoms with Crippen molar-refractivity contribution in [2.75, 3.05) is 37.8 Å². The van der Waals surface area contributed by atoms with Gasteiger partial charge < -0.3 is 50.9 Å². The van der Waals surface area contributed by atoms with E-state index in [9.17, 15) is 57.9 Å². The molecule has 28 heteroatoms. The molecule has 1 saturated heterocycles. The first-order valence-corrected chi connectivity index (χ1v) is 25.0. The van der Waals surface area contributed by atoms with Crippen molar-refractivity contribution in [1.29, 1.82) is 0 Å². The Morgan fingerprint density at radius 2 is 1.65 bits per heavy atom. The van der Waals surface area contributed by atoms with Crippen LogP contribution in [0.2, 0.25) is 0 Å². The van der Waals surface area contributed by atoms with Gasteiger partial charge in [0.15, 0.2) is 22.8 Å². The van der Waals surface area contributed by atoms with Crippen LogP contribution < -0.4 is 16.4 Å². The van der Waals surface area contributed by atoms with Crippen LogP contribution in [0.15, 0.2) is 49.1 Å². The van der Waals surface area contributed by atoms with E-state index in [2.05, 4.69) is 46.6 Å². The first-order valence-electron chi connectivity index (χ1n) is 19.5. The maximum Gasteiger partial charge on any atom is 0.481 e. The fourth-order valence-electron chi connectivity index (χ4n) is 5.61. The number of nitrogen functional groups attached to an aromatic ring is 1. The van der Waals surface area contributed by atoms with Crippen LogP contribution in [-0.4, -0.2) is 123 Å². The van der Waals surface area contributed by atoms with Crippen molar-refractivity contribution in [3.05, 3.63) is 49.1 Å². The number of allylic oxidation sites excluding steroid dienone is 6. The number of thioether (sulfide) groups is 1. The van der Waals surface area contributed by atoms with E-state index < -0.39 is 84.6 Å². The Balaban J connectivity index is 1.37. The third kappa shape index (κ3) is 19.0. The summed E-state index contributed by atoms with van der Waals surface area (Å²) < 4.78 is 62.3. The van der Waals surface area contributed by atoms with Crippen molar-refractivity contribution in [3.63, 3.8) is 0 Å². The summed E-state index contributed by atoms with van der Waals surface area (Å²) in [6.07, 6.45) is 10.5. The number of unbranched alkanes of at least 4 members (excludes halogenated alkanes) is 3. The highest BCUT2D eigenvalue weighted by molar-refractivity contribution is 8.13. The standard InChI is InChI=1S/C35H56N7O17P3S/c1-4-5-6-7-8-9-10-11-12-13-14-15-26(44)63-19-18-37-25(43)16-17-38-33(47)30(46)35(2,3)21-56-62(53,54)59-61(51,52)55-20-24-29(58-60(48,49)50)28(45)34(57-24)42-23-41-27-31(36)39-22-40-32(27)42/h4-7,12-13,22-24,28-30,34,45-46H,8-11,14-21H2,1-3H3,(H,37,43)(H,38,47)(H,51,52)(H,53,54)(H2,36,39,40)(H2,48,49,50)/b5-4+,7-6+,13-12+. The highest BCUT2D eigenvalue weighted by Gasteiger charge is 2.50. The normalized spacial score (nSPS) is 21.0. The molecule has 0 saturated carbocycles. The number of nitrogens with zero attached hydrogens (tertiary/aromatic N) is 4. The van der Waals surface area contributed by atoms with E-state index in [-0.39, 0.29) is 41.6 Å². The van der Waals surface area contributed by atoms with Crippen molar-refractivity contribution in [2.45, 2.75) is 96.4 Å². The number of phosphoric acid groups is 3. The molecule has 1 fully saturated rings. The van der Waals surface area contributed by atoms with Crippen LogP contribution in [0.5, 0.6) is 0 Å². The summed E-state index contributed by atoms with van der Waals surface area (Å²) in [5.74, 6) is -1.09. The zero-order valence-corrected chi connectivity index (χ0v) is 38.3. The Kier molecular flexibility index (Phi) is 21.9. The van der Waals surface area contributed by atoms with E-state index in [1.165, 1.54) is 13.8 Å². The molecule has 10 N–H and O–H groups in total. The van der Waals surface area contributed by atoms with Gasteiger partial charge in [0.25, 0.3) is 0 Å². The highest BCUT2D eigenvalue weighted by Crippen LogP contribution is 2.61. The molecule has 0 aromatic carbocycles. The number of nitrogens with one attached hydrogen (secondary N) is 2. The second-order valence-electron chi connectivity index (χ2n) is 14.5. The zero-order chi connectivity index (χ0) is 46.8. The number of aromatic nitrogens is 4. The van der Waals surface area contributed by atoms with Crippen molar-refractivity contribution >= 4 is 69.1 Å². The Hall–Kier alpha value is -3.22. The Morgan fingerprint density at radius 3 is 2.35 bits per heavy atom. The van der Waals surface area contributed by atoms with Crippen molar-refractivity contribution in [3.8, 4) is 0 Å². The third-order valence-electron chi connectivity index (χ3n) is 8.88. The summed E-state index contributed by atoms with van der Waals surface area (Å²) in [5.41, 5.74) is 4.27.